The van der Waals surface area contributed by atoms with Crippen molar-refractivity contribution in [3.63, 3.8) is 0 Å². The minimum atomic E-state index is -0.0250. The summed E-state index contributed by atoms with van der Waals surface area (Å²) in [5, 5.41) is 7.97. The predicted molar refractivity (Wildman–Crippen MR) is 127 cm³/mol. The van der Waals surface area contributed by atoms with Crippen molar-refractivity contribution >= 4 is 17.5 Å². The van der Waals surface area contributed by atoms with E-state index in [1.165, 1.54) is 0 Å². The number of methoxy groups -OCH3 is 1. The number of ether oxygens (including phenoxy) is 1. The summed E-state index contributed by atoms with van der Waals surface area (Å²) in [5.41, 5.74) is 1.99. The van der Waals surface area contributed by atoms with Gasteiger partial charge in [-0.2, -0.15) is 4.98 Å². The van der Waals surface area contributed by atoms with Gasteiger partial charge in [0.2, 0.25) is 17.6 Å². The highest BCUT2D eigenvalue weighted by Crippen LogP contribution is 2.22. The molecule has 33 heavy (non-hydrogen) atoms. The summed E-state index contributed by atoms with van der Waals surface area (Å²) in [5.74, 6) is 1.98. The molecular formula is C25H29ClN4O3. The van der Waals surface area contributed by atoms with Gasteiger partial charge in [0.05, 0.1) is 19.6 Å². The van der Waals surface area contributed by atoms with Crippen LogP contribution in [0.3, 0.4) is 0 Å². The number of rotatable bonds is 9. The smallest absolute Gasteiger partial charge is 0.241 e. The predicted octanol–water partition coefficient (Wildman–Crippen LogP) is 4.36. The molecule has 0 saturated carbocycles. The molecule has 7 nitrogen and oxygen atoms in total. The van der Waals surface area contributed by atoms with Crippen molar-refractivity contribution in [3.05, 3.63) is 65.0 Å². The maximum Gasteiger partial charge on any atom is 0.241 e. The number of amides is 1. The number of likely N-dealkylation sites (tertiary alicyclic amines) is 1. The number of hydrogen-bond acceptors (Lipinski definition) is 6. The van der Waals surface area contributed by atoms with Gasteiger partial charge in [-0.3, -0.25) is 9.69 Å². The number of carbonyl (C=O) groups is 1. The molecular weight excluding hydrogens is 440 g/mol. The zero-order valence-electron chi connectivity index (χ0n) is 18.8. The molecule has 1 saturated heterocycles. The number of aromatic nitrogens is 2. The highest BCUT2D eigenvalue weighted by molar-refractivity contribution is 6.31. The molecule has 1 atom stereocenters. The van der Waals surface area contributed by atoms with Gasteiger partial charge < -0.3 is 14.6 Å². The van der Waals surface area contributed by atoms with Crippen LogP contribution in [0.4, 0.5) is 0 Å². The third-order valence-corrected chi connectivity index (χ3v) is 6.30. The van der Waals surface area contributed by atoms with Crippen molar-refractivity contribution < 1.29 is 14.1 Å². The summed E-state index contributed by atoms with van der Waals surface area (Å²) in [6.07, 6.45) is 3.58. The van der Waals surface area contributed by atoms with Crippen LogP contribution >= 0.6 is 11.6 Å². The quantitative estimate of drug-likeness (QED) is 0.470. The van der Waals surface area contributed by atoms with Gasteiger partial charge in [0.25, 0.3) is 0 Å². The molecule has 0 spiro atoms. The standard InChI is InChI=1S/C25H29ClN4O3/c1-32-21-12-10-19(11-13-21)24-28-23(33-29-24)17-30-15-5-8-20(16-30)25(31)27-14-4-7-18-6-2-3-9-22(18)26/h2-3,6,9-13,20H,4-5,7-8,14-17H2,1H3,(H,27,31). The van der Waals surface area contributed by atoms with Crippen LogP contribution in [0.5, 0.6) is 5.75 Å². The molecule has 174 valence electrons. The van der Waals surface area contributed by atoms with Crippen molar-refractivity contribution in [2.75, 3.05) is 26.7 Å². The lowest BCUT2D eigenvalue weighted by molar-refractivity contribution is -0.126. The number of nitrogens with zero attached hydrogens (tertiary/aromatic N) is 3. The van der Waals surface area contributed by atoms with Crippen molar-refractivity contribution in [1.29, 1.82) is 0 Å². The minimum absolute atomic E-state index is 0.0250. The molecule has 0 radical (unpaired) electrons. The molecule has 4 rings (SSSR count). The van der Waals surface area contributed by atoms with Crippen LogP contribution < -0.4 is 10.1 Å². The molecule has 1 aliphatic rings. The van der Waals surface area contributed by atoms with Crippen LogP contribution in [0.25, 0.3) is 11.4 Å². The first-order valence-corrected chi connectivity index (χ1v) is 11.7. The van der Waals surface area contributed by atoms with E-state index < -0.39 is 0 Å². The molecule has 8 heteroatoms. The van der Waals surface area contributed by atoms with E-state index in [0.717, 1.165) is 54.1 Å². The fourth-order valence-electron chi connectivity index (χ4n) is 4.12. The highest BCUT2D eigenvalue weighted by atomic mass is 35.5. The van der Waals surface area contributed by atoms with Gasteiger partial charge >= 0.3 is 0 Å². The number of halogens is 1. The first-order chi connectivity index (χ1) is 16.1. The summed E-state index contributed by atoms with van der Waals surface area (Å²) >= 11 is 6.20. The van der Waals surface area contributed by atoms with E-state index in [2.05, 4.69) is 20.4 Å². The van der Waals surface area contributed by atoms with Crippen molar-refractivity contribution in [2.45, 2.75) is 32.2 Å². The topological polar surface area (TPSA) is 80.5 Å². The number of piperidine rings is 1. The maximum absolute atomic E-state index is 12.7. The molecule has 2 heterocycles. The van der Waals surface area contributed by atoms with Gasteiger partial charge in [-0.1, -0.05) is 35.0 Å². The molecule has 1 aliphatic heterocycles. The Bertz CT molecular complexity index is 1050. The lowest BCUT2D eigenvalue weighted by Gasteiger charge is -2.30. The number of carbonyl (C=O) groups excluding carboxylic acids is 1. The Balaban J connectivity index is 1.24. The van der Waals surface area contributed by atoms with Crippen LogP contribution in [0, 0.1) is 5.92 Å². The Hall–Kier alpha value is -2.90. The molecule has 1 N–H and O–H groups in total. The Morgan fingerprint density at radius 1 is 1.24 bits per heavy atom. The average molecular weight is 469 g/mol. The van der Waals surface area contributed by atoms with Crippen molar-refractivity contribution in [2.24, 2.45) is 5.92 Å². The normalized spacial score (nSPS) is 16.5. The van der Waals surface area contributed by atoms with Gasteiger partial charge in [-0.05, 0) is 68.1 Å². The number of nitrogens with one attached hydrogen (secondary N) is 1. The summed E-state index contributed by atoms with van der Waals surface area (Å²) in [6.45, 7) is 2.79. The van der Waals surface area contributed by atoms with Crippen LogP contribution in [-0.4, -0.2) is 47.7 Å². The maximum atomic E-state index is 12.7. The van der Waals surface area contributed by atoms with Crippen molar-refractivity contribution in [1.82, 2.24) is 20.4 Å². The molecule has 0 aliphatic carbocycles. The zero-order chi connectivity index (χ0) is 23.0. The third kappa shape index (κ3) is 6.33. The lowest BCUT2D eigenvalue weighted by Crippen LogP contribution is -2.43. The van der Waals surface area contributed by atoms with E-state index >= 15 is 0 Å². The molecule has 1 aromatic heterocycles. The SMILES string of the molecule is COc1ccc(-c2noc(CN3CCCC(C(=O)NCCCc4ccccc4Cl)C3)n2)cc1. The van der Waals surface area contributed by atoms with E-state index in [0.29, 0.717) is 31.3 Å². The van der Waals surface area contributed by atoms with E-state index in [-0.39, 0.29) is 11.8 Å². The van der Waals surface area contributed by atoms with Crippen LogP contribution in [0.1, 0.15) is 30.7 Å². The van der Waals surface area contributed by atoms with E-state index in [1.54, 1.807) is 7.11 Å². The van der Waals surface area contributed by atoms with Gasteiger partial charge in [-0.25, -0.2) is 0 Å². The first-order valence-electron chi connectivity index (χ1n) is 11.3. The fraction of sp³-hybridized carbons (Fsp3) is 0.400. The molecule has 1 amide bonds. The number of benzene rings is 2. The lowest BCUT2D eigenvalue weighted by atomic mass is 9.97. The van der Waals surface area contributed by atoms with Crippen LogP contribution in [0.2, 0.25) is 5.02 Å². The van der Waals surface area contributed by atoms with E-state index in [9.17, 15) is 4.79 Å². The van der Waals surface area contributed by atoms with Gasteiger partial charge in [0.1, 0.15) is 5.75 Å². The Morgan fingerprint density at radius 3 is 2.85 bits per heavy atom. The number of hydrogen-bond donors (Lipinski definition) is 1. The third-order valence-electron chi connectivity index (χ3n) is 5.93. The summed E-state index contributed by atoms with van der Waals surface area (Å²) in [7, 11) is 1.63. The minimum Gasteiger partial charge on any atom is -0.497 e. The van der Waals surface area contributed by atoms with E-state index in [1.807, 2.05) is 48.5 Å². The second-order valence-corrected chi connectivity index (χ2v) is 8.71. The summed E-state index contributed by atoms with van der Waals surface area (Å²) < 4.78 is 10.6. The van der Waals surface area contributed by atoms with Gasteiger partial charge in [-0.15, -0.1) is 0 Å². The number of aryl methyl sites for hydroxylation is 1. The average Bonchev–Trinajstić information content (AvgIpc) is 3.31. The van der Waals surface area contributed by atoms with Gasteiger partial charge in [0, 0.05) is 23.7 Å². The van der Waals surface area contributed by atoms with Crippen molar-refractivity contribution in [3.8, 4) is 17.1 Å². The molecule has 2 aromatic carbocycles. The molecule has 1 unspecified atom stereocenters. The monoisotopic (exact) mass is 468 g/mol. The molecule has 1 fully saturated rings. The molecule has 0 bridgehead atoms. The van der Waals surface area contributed by atoms with Crippen LogP contribution in [-0.2, 0) is 17.8 Å². The molecule has 3 aromatic rings. The second-order valence-electron chi connectivity index (χ2n) is 8.30. The zero-order valence-corrected chi connectivity index (χ0v) is 19.6. The fourth-order valence-corrected chi connectivity index (χ4v) is 4.35. The van der Waals surface area contributed by atoms with E-state index in [4.69, 9.17) is 20.9 Å². The highest BCUT2D eigenvalue weighted by Gasteiger charge is 2.26. The summed E-state index contributed by atoms with van der Waals surface area (Å²) in [4.78, 5) is 19.4. The summed E-state index contributed by atoms with van der Waals surface area (Å²) in [6, 6.07) is 15.4. The second kappa shape index (κ2) is 11.3. The largest absolute Gasteiger partial charge is 0.497 e. The Kier molecular flexibility index (Phi) is 7.96. The van der Waals surface area contributed by atoms with Crippen LogP contribution in [0.15, 0.2) is 53.1 Å². The first kappa shape index (κ1) is 23.3. The Labute approximate surface area is 199 Å². The van der Waals surface area contributed by atoms with Gasteiger partial charge in [0.15, 0.2) is 0 Å². The Morgan fingerprint density at radius 2 is 2.06 bits per heavy atom.